The van der Waals surface area contributed by atoms with E-state index in [4.69, 9.17) is 10.1 Å². The van der Waals surface area contributed by atoms with E-state index in [1.807, 2.05) is 41.2 Å². The third kappa shape index (κ3) is 4.06. The van der Waals surface area contributed by atoms with Gasteiger partial charge in [0.15, 0.2) is 11.5 Å². The van der Waals surface area contributed by atoms with E-state index < -0.39 is 0 Å². The zero-order valence-electron chi connectivity index (χ0n) is 17.1. The standard InChI is InChI=1S/C23H26N6/c1-4-5-14-29-22-19(15-24-23(27-22)25-18-12-7-6-8-13-18)21(28-29)26-20-16(2)10-9-11-17(20)3/h6-13,15H,4-5,14H2,1-3H3,(H,26,28)(H,24,25,27). The number of nitrogens with one attached hydrogen (secondary N) is 2. The molecule has 0 aliphatic rings. The van der Waals surface area contributed by atoms with Crippen LogP contribution in [-0.2, 0) is 6.54 Å². The van der Waals surface area contributed by atoms with Gasteiger partial charge in [0, 0.05) is 24.1 Å². The first-order valence-corrected chi connectivity index (χ1v) is 10.0. The van der Waals surface area contributed by atoms with Crippen molar-refractivity contribution >= 4 is 34.2 Å². The van der Waals surface area contributed by atoms with Gasteiger partial charge in [0.25, 0.3) is 0 Å². The van der Waals surface area contributed by atoms with E-state index in [9.17, 15) is 0 Å². The summed E-state index contributed by atoms with van der Waals surface area (Å²) in [6.45, 7) is 7.20. The molecule has 0 unspecified atom stereocenters. The van der Waals surface area contributed by atoms with Crippen molar-refractivity contribution in [1.29, 1.82) is 0 Å². The lowest BCUT2D eigenvalue weighted by Crippen LogP contribution is -2.03. The molecule has 0 saturated carbocycles. The molecule has 0 bridgehead atoms. The van der Waals surface area contributed by atoms with Crippen LogP contribution in [0, 0.1) is 13.8 Å². The number of benzene rings is 2. The molecule has 0 spiro atoms. The summed E-state index contributed by atoms with van der Waals surface area (Å²) in [6.07, 6.45) is 3.99. The van der Waals surface area contributed by atoms with Crippen molar-refractivity contribution in [2.75, 3.05) is 10.6 Å². The van der Waals surface area contributed by atoms with Crippen LogP contribution in [0.3, 0.4) is 0 Å². The van der Waals surface area contributed by atoms with Crippen LogP contribution >= 0.6 is 0 Å². The zero-order chi connectivity index (χ0) is 20.2. The summed E-state index contributed by atoms with van der Waals surface area (Å²) in [5.41, 5.74) is 5.25. The quantitative estimate of drug-likeness (QED) is 0.424. The van der Waals surface area contributed by atoms with Gasteiger partial charge in [-0.2, -0.15) is 10.1 Å². The predicted octanol–water partition coefficient (Wildman–Crippen LogP) is 5.73. The molecule has 0 saturated heterocycles. The summed E-state index contributed by atoms with van der Waals surface area (Å²) in [5, 5.41) is 12.5. The van der Waals surface area contributed by atoms with E-state index in [1.165, 1.54) is 11.1 Å². The molecule has 0 amide bonds. The van der Waals surface area contributed by atoms with E-state index in [-0.39, 0.29) is 0 Å². The fourth-order valence-corrected chi connectivity index (χ4v) is 3.36. The van der Waals surface area contributed by atoms with Crippen LogP contribution in [0.15, 0.2) is 54.7 Å². The van der Waals surface area contributed by atoms with Crippen molar-refractivity contribution in [3.05, 3.63) is 65.9 Å². The van der Waals surface area contributed by atoms with Crippen LogP contribution in [0.1, 0.15) is 30.9 Å². The molecule has 0 aliphatic carbocycles. The third-order valence-electron chi connectivity index (χ3n) is 4.97. The Kier molecular flexibility index (Phi) is 5.42. The van der Waals surface area contributed by atoms with Gasteiger partial charge in [-0.3, -0.25) is 0 Å². The van der Waals surface area contributed by atoms with Gasteiger partial charge < -0.3 is 10.6 Å². The van der Waals surface area contributed by atoms with Gasteiger partial charge in [0.1, 0.15) is 0 Å². The summed E-state index contributed by atoms with van der Waals surface area (Å²) in [6, 6.07) is 16.2. The normalized spacial score (nSPS) is 11.0. The first-order valence-electron chi connectivity index (χ1n) is 10.0. The molecule has 148 valence electrons. The topological polar surface area (TPSA) is 67.7 Å². The van der Waals surface area contributed by atoms with Crippen molar-refractivity contribution in [3.8, 4) is 0 Å². The molecular formula is C23H26N6. The van der Waals surface area contributed by atoms with Gasteiger partial charge >= 0.3 is 0 Å². The second-order valence-electron chi connectivity index (χ2n) is 7.24. The SMILES string of the molecule is CCCCn1nc(Nc2c(C)cccc2C)c2cnc(Nc3ccccc3)nc21. The zero-order valence-corrected chi connectivity index (χ0v) is 17.1. The minimum Gasteiger partial charge on any atom is -0.338 e. The molecule has 4 rings (SSSR count). The highest BCUT2D eigenvalue weighted by molar-refractivity contribution is 5.90. The molecule has 0 radical (unpaired) electrons. The first kappa shape index (κ1) is 18.9. The van der Waals surface area contributed by atoms with Crippen molar-refractivity contribution in [2.24, 2.45) is 0 Å². The number of fused-ring (bicyclic) bond motifs is 1. The second-order valence-corrected chi connectivity index (χ2v) is 7.24. The predicted molar refractivity (Wildman–Crippen MR) is 119 cm³/mol. The van der Waals surface area contributed by atoms with Crippen LogP contribution in [0.4, 0.5) is 23.1 Å². The molecule has 2 N–H and O–H groups in total. The average Bonchev–Trinajstić information content (AvgIpc) is 3.07. The van der Waals surface area contributed by atoms with Gasteiger partial charge in [0.2, 0.25) is 5.95 Å². The molecule has 2 aromatic heterocycles. The molecule has 29 heavy (non-hydrogen) atoms. The third-order valence-corrected chi connectivity index (χ3v) is 4.97. The number of aryl methyl sites for hydroxylation is 3. The number of hydrogen-bond donors (Lipinski definition) is 2. The van der Waals surface area contributed by atoms with Gasteiger partial charge in [-0.05, 0) is 43.5 Å². The lowest BCUT2D eigenvalue weighted by molar-refractivity contribution is 0.586. The van der Waals surface area contributed by atoms with Crippen molar-refractivity contribution in [2.45, 2.75) is 40.2 Å². The molecular weight excluding hydrogens is 360 g/mol. The highest BCUT2D eigenvalue weighted by Gasteiger charge is 2.15. The first-order chi connectivity index (χ1) is 14.2. The van der Waals surface area contributed by atoms with E-state index >= 15 is 0 Å². The van der Waals surface area contributed by atoms with Crippen LogP contribution in [0.5, 0.6) is 0 Å². The van der Waals surface area contributed by atoms with Crippen LogP contribution < -0.4 is 10.6 Å². The molecule has 2 aromatic carbocycles. The number of para-hydroxylation sites is 2. The molecule has 0 atom stereocenters. The van der Waals surface area contributed by atoms with Gasteiger partial charge in [-0.25, -0.2) is 9.67 Å². The Bertz CT molecular complexity index is 1100. The fourth-order valence-electron chi connectivity index (χ4n) is 3.36. The van der Waals surface area contributed by atoms with E-state index in [0.29, 0.717) is 5.95 Å². The Morgan fingerprint density at radius 2 is 1.69 bits per heavy atom. The Morgan fingerprint density at radius 1 is 0.931 bits per heavy atom. The monoisotopic (exact) mass is 386 g/mol. The van der Waals surface area contributed by atoms with Crippen molar-refractivity contribution in [1.82, 2.24) is 19.7 Å². The number of rotatable bonds is 7. The van der Waals surface area contributed by atoms with Crippen LogP contribution in [-0.4, -0.2) is 19.7 Å². The lowest BCUT2D eigenvalue weighted by Gasteiger charge is -2.10. The summed E-state index contributed by atoms with van der Waals surface area (Å²) >= 11 is 0. The largest absolute Gasteiger partial charge is 0.338 e. The van der Waals surface area contributed by atoms with Crippen LogP contribution in [0.2, 0.25) is 0 Å². The summed E-state index contributed by atoms with van der Waals surface area (Å²) in [5.74, 6) is 1.36. The minimum atomic E-state index is 0.569. The Morgan fingerprint density at radius 3 is 2.41 bits per heavy atom. The van der Waals surface area contributed by atoms with E-state index in [2.05, 4.69) is 54.6 Å². The minimum absolute atomic E-state index is 0.569. The maximum absolute atomic E-state index is 4.83. The summed E-state index contributed by atoms with van der Waals surface area (Å²) < 4.78 is 1.98. The molecule has 4 aromatic rings. The molecule has 6 heteroatoms. The Labute approximate surface area is 171 Å². The van der Waals surface area contributed by atoms with Crippen LogP contribution in [0.25, 0.3) is 11.0 Å². The van der Waals surface area contributed by atoms with Gasteiger partial charge in [-0.1, -0.05) is 49.7 Å². The number of aromatic nitrogens is 4. The Balaban J connectivity index is 1.73. The average molecular weight is 387 g/mol. The van der Waals surface area contributed by atoms with Crippen molar-refractivity contribution < 1.29 is 0 Å². The number of nitrogens with zero attached hydrogens (tertiary/aromatic N) is 4. The summed E-state index contributed by atoms with van der Waals surface area (Å²) in [4.78, 5) is 9.30. The van der Waals surface area contributed by atoms with E-state index in [0.717, 1.165) is 47.6 Å². The number of unbranched alkanes of at least 4 members (excludes halogenated alkanes) is 1. The lowest BCUT2D eigenvalue weighted by atomic mass is 10.1. The van der Waals surface area contributed by atoms with Gasteiger partial charge in [0.05, 0.1) is 5.39 Å². The molecule has 0 aliphatic heterocycles. The van der Waals surface area contributed by atoms with Crippen molar-refractivity contribution in [3.63, 3.8) is 0 Å². The number of hydrogen-bond acceptors (Lipinski definition) is 5. The maximum Gasteiger partial charge on any atom is 0.229 e. The number of anilines is 4. The summed E-state index contributed by atoms with van der Waals surface area (Å²) in [7, 11) is 0. The maximum atomic E-state index is 4.83. The van der Waals surface area contributed by atoms with Gasteiger partial charge in [-0.15, -0.1) is 0 Å². The highest BCUT2D eigenvalue weighted by atomic mass is 15.3. The fraction of sp³-hybridized carbons (Fsp3) is 0.261. The molecule has 0 fully saturated rings. The smallest absolute Gasteiger partial charge is 0.229 e. The molecule has 2 heterocycles. The molecule has 6 nitrogen and oxygen atoms in total. The second kappa shape index (κ2) is 8.31. The highest BCUT2D eigenvalue weighted by Crippen LogP contribution is 2.29. The van der Waals surface area contributed by atoms with E-state index in [1.54, 1.807) is 0 Å². The Hall–Kier alpha value is -3.41.